The van der Waals surface area contributed by atoms with Crippen LogP contribution in [-0.4, -0.2) is 34.8 Å². The lowest BCUT2D eigenvalue weighted by Gasteiger charge is -2.31. The molecule has 1 aliphatic heterocycles. The molecule has 18 heavy (non-hydrogen) atoms. The Balaban J connectivity index is 2.13. The number of aryl methyl sites for hydroxylation is 1. The fourth-order valence-corrected chi connectivity index (χ4v) is 2.17. The van der Waals surface area contributed by atoms with Crippen molar-refractivity contribution in [2.75, 3.05) is 13.1 Å². The zero-order valence-electron chi connectivity index (χ0n) is 9.92. The molecule has 0 unspecified atom stereocenters. The van der Waals surface area contributed by atoms with Crippen molar-refractivity contribution in [3.8, 4) is 0 Å². The van der Waals surface area contributed by atoms with E-state index in [2.05, 4.69) is 4.98 Å². The van der Waals surface area contributed by atoms with Crippen molar-refractivity contribution >= 4 is 17.5 Å². The van der Waals surface area contributed by atoms with Crippen molar-refractivity contribution in [1.29, 1.82) is 0 Å². The highest BCUT2D eigenvalue weighted by Gasteiger charge is 2.36. The normalized spacial score (nSPS) is 18.8. The first-order valence-electron chi connectivity index (χ1n) is 5.69. The van der Waals surface area contributed by atoms with Crippen LogP contribution < -0.4 is 0 Å². The van der Waals surface area contributed by atoms with Crippen LogP contribution in [0.25, 0.3) is 0 Å². The number of carbonyl (C=O) groups excluding carboxylic acids is 1. The number of pyridine rings is 1. The van der Waals surface area contributed by atoms with Gasteiger partial charge in [0.1, 0.15) is 5.15 Å². The average molecular weight is 275 g/mol. The molecule has 3 nitrogen and oxygen atoms in total. The second kappa shape index (κ2) is 4.80. The minimum absolute atomic E-state index is 0.0516. The van der Waals surface area contributed by atoms with E-state index < -0.39 is 5.92 Å². The molecule has 0 atom stereocenters. The molecule has 1 amide bonds. The Bertz CT molecular complexity index is 469. The summed E-state index contributed by atoms with van der Waals surface area (Å²) in [6.45, 7) is 1.87. The molecule has 1 aliphatic rings. The predicted molar refractivity (Wildman–Crippen MR) is 64.1 cm³/mol. The van der Waals surface area contributed by atoms with Gasteiger partial charge in [0.15, 0.2) is 0 Å². The number of piperidine rings is 1. The van der Waals surface area contributed by atoms with Gasteiger partial charge in [0.2, 0.25) is 0 Å². The van der Waals surface area contributed by atoms with E-state index in [4.69, 9.17) is 11.6 Å². The van der Waals surface area contributed by atoms with Gasteiger partial charge in [0.05, 0.1) is 5.56 Å². The van der Waals surface area contributed by atoms with Crippen LogP contribution in [-0.2, 0) is 0 Å². The maximum atomic E-state index is 13.0. The molecular formula is C12H13ClF2N2O. The van der Waals surface area contributed by atoms with Crippen LogP contribution >= 0.6 is 11.6 Å². The summed E-state index contributed by atoms with van der Waals surface area (Å²) in [6.07, 6.45) is -0.592. The number of carbonyl (C=O) groups is 1. The van der Waals surface area contributed by atoms with Gasteiger partial charge in [0, 0.05) is 31.6 Å². The Hall–Kier alpha value is -1.23. The molecule has 2 rings (SSSR count). The Morgan fingerprint density at radius 3 is 2.56 bits per heavy atom. The van der Waals surface area contributed by atoms with E-state index in [1.165, 1.54) is 4.90 Å². The molecule has 6 heteroatoms. The third-order valence-electron chi connectivity index (χ3n) is 3.00. The Labute approximate surface area is 109 Å². The largest absolute Gasteiger partial charge is 0.338 e. The molecular weight excluding hydrogens is 262 g/mol. The number of rotatable bonds is 1. The van der Waals surface area contributed by atoms with Crippen LogP contribution in [0, 0.1) is 6.92 Å². The number of nitrogens with zero attached hydrogens (tertiary/aromatic N) is 2. The predicted octanol–water partition coefficient (Wildman–Crippen LogP) is 2.91. The van der Waals surface area contributed by atoms with E-state index in [0.717, 1.165) is 0 Å². The number of hydrogen-bond donors (Lipinski definition) is 0. The molecule has 0 bridgehead atoms. The zero-order chi connectivity index (χ0) is 13.3. The van der Waals surface area contributed by atoms with Crippen LogP contribution in [0.2, 0.25) is 5.15 Å². The van der Waals surface area contributed by atoms with E-state index in [9.17, 15) is 13.6 Å². The fourth-order valence-electron chi connectivity index (χ4n) is 1.89. The van der Waals surface area contributed by atoms with E-state index in [-0.39, 0.29) is 42.6 Å². The first kappa shape index (κ1) is 13.2. The fraction of sp³-hybridized carbons (Fsp3) is 0.500. The highest BCUT2D eigenvalue weighted by Crippen LogP contribution is 2.29. The molecule has 98 valence electrons. The van der Waals surface area contributed by atoms with Crippen molar-refractivity contribution in [2.24, 2.45) is 0 Å². The summed E-state index contributed by atoms with van der Waals surface area (Å²) in [4.78, 5) is 17.5. The highest BCUT2D eigenvalue weighted by atomic mass is 35.5. The average Bonchev–Trinajstić information content (AvgIpc) is 2.28. The number of likely N-dealkylation sites (tertiary alicyclic amines) is 1. The quantitative estimate of drug-likeness (QED) is 0.738. The summed E-state index contributed by atoms with van der Waals surface area (Å²) in [5, 5.41) is 0.123. The smallest absolute Gasteiger partial charge is 0.256 e. The molecule has 1 aromatic heterocycles. The monoisotopic (exact) mass is 274 g/mol. The number of aromatic nitrogens is 1. The summed E-state index contributed by atoms with van der Waals surface area (Å²) in [6, 6.07) is 3.26. The van der Waals surface area contributed by atoms with E-state index in [0.29, 0.717) is 5.69 Å². The summed E-state index contributed by atoms with van der Waals surface area (Å²) in [5.74, 6) is -2.99. The van der Waals surface area contributed by atoms with Gasteiger partial charge in [-0.3, -0.25) is 4.79 Å². The number of hydrogen-bond acceptors (Lipinski definition) is 2. The maximum Gasteiger partial charge on any atom is 0.256 e. The molecule has 1 fully saturated rings. The maximum absolute atomic E-state index is 13.0. The lowest BCUT2D eigenvalue weighted by atomic mass is 10.1. The first-order valence-corrected chi connectivity index (χ1v) is 6.07. The summed E-state index contributed by atoms with van der Waals surface area (Å²) in [7, 11) is 0. The van der Waals surface area contributed by atoms with E-state index in [1.54, 1.807) is 19.1 Å². The lowest BCUT2D eigenvalue weighted by Crippen LogP contribution is -2.42. The first-order chi connectivity index (χ1) is 8.39. The van der Waals surface area contributed by atoms with Crippen molar-refractivity contribution in [3.63, 3.8) is 0 Å². The highest BCUT2D eigenvalue weighted by molar-refractivity contribution is 6.32. The van der Waals surface area contributed by atoms with Gasteiger partial charge in [-0.1, -0.05) is 11.6 Å². The summed E-state index contributed by atoms with van der Waals surface area (Å²) >= 11 is 5.89. The van der Waals surface area contributed by atoms with E-state index in [1.807, 2.05) is 0 Å². The molecule has 0 radical (unpaired) electrons. The van der Waals surface area contributed by atoms with Crippen molar-refractivity contribution in [3.05, 3.63) is 28.5 Å². The van der Waals surface area contributed by atoms with Gasteiger partial charge < -0.3 is 4.90 Å². The van der Waals surface area contributed by atoms with Gasteiger partial charge in [-0.15, -0.1) is 0 Å². The minimum Gasteiger partial charge on any atom is -0.338 e. The SMILES string of the molecule is Cc1ccc(C(=O)N2CCC(F)(F)CC2)c(Cl)n1. The van der Waals surface area contributed by atoms with Crippen LogP contribution in [0.3, 0.4) is 0 Å². The topological polar surface area (TPSA) is 33.2 Å². The van der Waals surface area contributed by atoms with Gasteiger partial charge >= 0.3 is 0 Å². The molecule has 0 aromatic carbocycles. The van der Waals surface area contributed by atoms with Crippen molar-refractivity contribution in [1.82, 2.24) is 9.88 Å². The number of alkyl halides is 2. The number of amides is 1. The van der Waals surface area contributed by atoms with E-state index >= 15 is 0 Å². The molecule has 2 heterocycles. The molecule has 1 saturated heterocycles. The second-order valence-electron chi connectivity index (χ2n) is 4.44. The second-order valence-corrected chi connectivity index (χ2v) is 4.80. The summed E-state index contributed by atoms with van der Waals surface area (Å²) < 4.78 is 26.0. The standard InChI is InChI=1S/C12H13ClF2N2O/c1-8-2-3-9(10(13)16-8)11(18)17-6-4-12(14,15)5-7-17/h2-3H,4-7H2,1H3. The minimum atomic E-state index is -2.66. The molecule has 0 saturated carbocycles. The van der Waals surface area contributed by atoms with Gasteiger partial charge in [0.25, 0.3) is 11.8 Å². The molecule has 0 N–H and O–H groups in total. The molecule has 0 aliphatic carbocycles. The van der Waals surface area contributed by atoms with Crippen LogP contribution in [0.5, 0.6) is 0 Å². The molecule has 0 spiro atoms. The zero-order valence-corrected chi connectivity index (χ0v) is 10.7. The third kappa shape index (κ3) is 2.77. The molecule has 1 aromatic rings. The lowest BCUT2D eigenvalue weighted by molar-refractivity contribution is -0.0494. The third-order valence-corrected chi connectivity index (χ3v) is 3.29. The Morgan fingerprint density at radius 2 is 2.00 bits per heavy atom. The van der Waals surface area contributed by atoms with Crippen LogP contribution in [0.15, 0.2) is 12.1 Å². The van der Waals surface area contributed by atoms with Gasteiger partial charge in [-0.05, 0) is 19.1 Å². The van der Waals surface area contributed by atoms with Crippen LogP contribution in [0.1, 0.15) is 28.9 Å². The van der Waals surface area contributed by atoms with Gasteiger partial charge in [-0.2, -0.15) is 0 Å². The van der Waals surface area contributed by atoms with Crippen molar-refractivity contribution < 1.29 is 13.6 Å². The van der Waals surface area contributed by atoms with Crippen molar-refractivity contribution in [2.45, 2.75) is 25.7 Å². The Kier molecular flexibility index (Phi) is 3.52. The van der Waals surface area contributed by atoms with Gasteiger partial charge in [-0.25, -0.2) is 13.8 Å². The number of halogens is 3. The van der Waals surface area contributed by atoms with Crippen LogP contribution in [0.4, 0.5) is 8.78 Å². The Morgan fingerprint density at radius 1 is 1.39 bits per heavy atom. The summed E-state index contributed by atoms with van der Waals surface area (Å²) in [5.41, 5.74) is 0.981.